The van der Waals surface area contributed by atoms with Gasteiger partial charge < -0.3 is 10.6 Å². The highest BCUT2D eigenvalue weighted by atomic mass is 35.5. The molecule has 2 heterocycles. The second-order valence-electron chi connectivity index (χ2n) is 6.53. The Bertz CT molecular complexity index is 780. The molecule has 142 valence electrons. The molecule has 3 rings (SSSR count). The number of thiophene rings is 1. The first kappa shape index (κ1) is 20.8. The van der Waals surface area contributed by atoms with Crippen LogP contribution in [0.4, 0.5) is 9.39 Å². The van der Waals surface area contributed by atoms with Crippen LogP contribution in [-0.4, -0.2) is 37.0 Å². The topological polar surface area (TPSA) is 44.4 Å². The van der Waals surface area contributed by atoms with Crippen molar-refractivity contribution in [3.05, 3.63) is 51.7 Å². The van der Waals surface area contributed by atoms with Gasteiger partial charge in [0.1, 0.15) is 5.82 Å². The molecule has 7 heteroatoms. The van der Waals surface area contributed by atoms with Crippen LogP contribution >= 0.6 is 23.7 Å². The molecule has 1 aliphatic heterocycles. The van der Waals surface area contributed by atoms with Crippen LogP contribution in [0.1, 0.15) is 27.6 Å². The van der Waals surface area contributed by atoms with Crippen LogP contribution in [0.15, 0.2) is 24.3 Å². The molecule has 0 spiro atoms. The van der Waals surface area contributed by atoms with E-state index in [9.17, 15) is 9.18 Å². The molecule has 0 saturated carbocycles. The molecule has 1 unspecified atom stereocenters. The Morgan fingerprint density at radius 3 is 2.77 bits per heavy atom. The monoisotopic (exact) mass is 397 g/mol. The van der Waals surface area contributed by atoms with Gasteiger partial charge >= 0.3 is 0 Å². The summed E-state index contributed by atoms with van der Waals surface area (Å²) in [6.07, 6.45) is 0. The van der Waals surface area contributed by atoms with Crippen molar-refractivity contribution in [2.45, 2.75) is 26.8 Å². The van der Waals surface area contributed by atoms with Crippen LogP contribution in [0.5, 0.6) is 0 Å². The largest absolute Gasteiger partial charge is 0.316 e. The van der Waals surface area contributed by atoms with E-state index in [0.29, 0.717) is 13.1 Å². The number of carbonyl (C=O) groups excluding carboxylic acids is 1. The van der Waals surface area contributed by atoms with E-state index in [-0.39, 0.29) is 30.2 Å². The Morgan fingerprint density at radius 2 is 2.12 bits per heavy atom. The highest BCUT2D eigenvalue weighted by Crippen LogP contribution is 2.31. The van der Waals surface area contributed by atoms with Crippen LogP contribution in [0.2, 0.25) is 0 Å². The van der Waals surface area contributed by atoms with Gasteiger partial charge in [0, 0.05) is 30.6 Å². The van der Waals surface area contributed by atoms with Gasteiger partial charge in [-0.1, -0.05) is 12.1 Å². The SMILES string of the molecule is Cc1sc(NC(=O)CN2CCNCC2c2cccc(F)c2)c(C)c1C.Cl. The first-order chi connectivity index (χ1) is 12.0. The van der Waals surface area contributed by atoms with Crippen molar-refractivity contribution >= 4 is 34.7 Å². The maximum atomic E-state index is 13.6. The van der Waals surface area contributed by atoms with Crippen LogP contribution in [0, 0.1) is 26.6 Å². The molecular formula is C19H25ClFN3OS. The zero-order valence-electron chi connectivity index (χ0n) is 15.3. The third-order valence-electron chi connectivity index (χ3n) is 4.87. The predicted octanol–water partition coefficient (Wildman–Crippen LogP) is 3.82. The molecule has 1 aromatic heterocycles. The lowest BCUT2D eigenvalue weighted by Gasteiger charge is -2.36. The van der Waals surface area contributed by atoms with Gasteiger partial charge in [-0.2, -0.15) is 0 Å². The molecule has 1 aliphatic rings. The maximum absolute atomic E-state index is 13.6. The lowest BCUT2D eigenvalue weighted by atomic mass is 10.0. The van der Waals surface area contributed by atoms with E-state index in [2.05, 4.69) is 29.4 Å². The molecule has 26 heavy (non-hydrogen) atoms. The van der Waals surface area contributed by atoms with Gasteiger partial charge in [0.25, 0.3) is 0 Å². The number of amides is 1. The van der Waals surface area contributed by atoms with Crippen molar-refractivity contribution in [1.29, 1.82) is 0 Å². The maximum Gasteiger partial charge on any atom is 0.239 e. The summed E-state index contributed by atoms with van der Waals surface area (Å²) in [6.45, 7) is 8.79. The van der Waals surface area contributed by atoms with Crippen LogP contribution in [0.3, 0.4) is 0 Å². The molecule has 1 atom stereocenters. The van der Waals surface area contributed by atoms with E-state index >= 15 is 0 Å². The molecule has 1 fully saturated rings. The standard InChI is InChI=1S/C19H24FN3OS.ClH/c1-12-13(2)19(25-14(12)3)22-18(24)11-23-8-7-21-10-17(23)15-5-4-6-16(20)9-15;/h4-6,9,17,21H,7-8,10-11H2,1-3H3,(H,22,24);1H. The lowest BCUT2D eigenvalue weighted by molar-refractivity contribution is -0.118. The van der Waals surface area contributed by atoms with Crippen molar-refractivity contribution in [2.75, 3.05) is 31.5 Å². The van der Waals surface area contributed by atoms with Gasteiger partial charge in [0.15, 0.2) is 0 Å². The number of hydrogen-bond acceptors (Lipinski definition) is 4. The fourth-order valence-corrected chi connectivity index (χ4v) is 4.27. The van der Waals surface area contributed by atoms with Gasteiger partial charge in [-0.05, 0) is 49.6 Å². The van der Waals surface area contributed by atoms with Crippen molar-refractivity contribution in [3.63, 3.8) is 0 Å². The summed E-state index contributed by atoms with van der Waals surface area (Å²) in [7, 11) is 0. The van der Waals surface area contributed by atoms with E-state index in [1.165, 1.54) is 16.5 Å². The number of halogens is 2. The summed E-state index contributed by atoms with van der Waals surface area (Å²) in [6, 6.07) is 6.64. The van der Waals surface area contributed by atoms with E-state index < -0.39 is 0 Å². The van der Waals surface area contributed by atoms with E-state index in [1.807, 2.05) is 13.0 Å². The smallest absolute Gasteiger partial charge is 0.239 e. The summed E-state index contributed by atoms with van der Waals surface area (Å²) in [5.41, 5.74) is 3.27. The third-order valence-corrected chi connectivity index (χ3v) is 6.10. The zero-order valence-corrected chi connectivity index (χ0v) is 16.9. The molecule has 1 saturated heterocycles. The Morgan fingerprint density at radius 1 is 1.35 bits per heavy atom. The number of hydrogen-bond donors (Lipinski definition) is 2. The molecule has 4 nitrogen and oxygen atoms in total. The van der Waals surface area contributed by atoms with Crippen LogP contribution < -0.4 is 10.6 Å². The van der Waals surface area contributed by atoms with Crippen molar-refractivity contribution in [2.24, 2.45) is 0 Å². The molecule has 0 radical (unpaired) electrons. The highest BCUT2D eigenvalue weighted by Gasteiger charge is 2.26. The van der Waals surface area contributed by atoms with Crippen molar-refractivity contribution < 1.29 is 9.18 Å². The minimum absolute atomic E-state index is 0. The summed E-state index contributed by atoms with van der Waals surface area (Å²) in [5.74, 6) is -0.264. The quantitative estimate of drug-likeness (QED) is 0.824. The lowest BCUT2D eigenvalue weighted by Crippen LogP contribution is -2.48. The van der Waals surface area contributed by atoms with Gasteiger partial charge in [0.2, 0.25) is 5.91 Å². The number of nitrogens with one attached hydrogen (secondary N) is 2. The van der Waals surface area contributed by atoms with Crippen molar-refractivity contribution in [1.82, 2.24) is 10.2 Å². The Hall–Kier alpha value is -1.47. The van der Waals surface area contributed by atoms with Gasteiger partial charge in [0.05, 0.1) is 11.5 Å². The summed E-state index contributed by atoms with van der Waals surface area (Å²) >= 11 is 1.62. The zero-order chi connectivity index (χ0) is 18.0. The van der Waals surface area contributed by atoms with E-state index in [4.69, 9.17) is 0 Å². The minimum Gasteiger partial charge on any atom is -0.316 e. The number of aryl methyl sites for hydroxylation is 1. The number of piperazine rings is 1. The number of anilines is 1. The van der Waals surface area contributed by atoms with Gasteiger partial charge in [-0.3, -0.25) is 9.69 Å². The summed E-state index contributed by atoms with van der Waals surface area (Å²) in [4.78, 5) is 15.9. The Kier molecular flexibility index (Phi) is 7.17. The van der Waals surface area contributed by atoms with Gasteiger partial charge in [-0.15, -0.1) is 23.7 Å². The average Bonchev–Trinajstić information content (AvgIpc) is 2.82. The second-order valence-corrected chi connectivity index (χ2v) is 7.76. The summed E-state index contributed by atoms with van der Waals surface area (Å²) < 4.78 is 13.6. The van der Waals surface area contributed by atoms with E-state index in [0.717, 1.165) is 29.2 Å². The molecule has 2 N–H and O–H groups in total. The van der Waals surface area contributed by atoms with Crippen LogP contribution in [-0.2, 0) is 4.79 Å². The van der Waals surface area contributed by atoms with Gasteiger partial charge in [-0.25, -0.2) is 4.39 Å². The second kappa shape index (κ2) is 8.95. The number of nitrogens with zero attached hydrogens (tertiary/aromatic N) is 1. The normalized spacial score (nSPS) is 17.6. The molecule has 2 aromatic rings. The van der Waals surface area contributed by atoms with Crippen LogP contribution in [0.25, 0.3) is 0 Å². The number of carbonyl (C=O) groups is 1. The fraction of sp³-hybridized carbons (Fsp3) is 0.421. The predicted molar refractivity (Wildman–Crippen MR) is 108 cm³/mol. The first-order valence-corrected chi connectivity index (χ1v) is 9.34. The average molecular weight is 398 g/mol. The molecule has 1 aromatic carbocycles. The van der Waals surface area contributed by atoms with Crippen molar-refractivity contribution in [3.8, 4) is 0 Å². The summed E-state index contributed by atoms with van der Waals surface area (Å²) in [5, 5.41) is 7.31. The number of benzene rings is 1. The Labute approximate surface area is 164 Å². The highest BCUT2D eigenvalue weighted by molar-refractivity contribution is 7.16. The fourth-order valence-electron chi connectivity index (χ4n) is 3.19. The third kappa shape index (κ3) is 4.62. The molecule has 1 amide bonds. The Balaban J connectivity index is 0.00000243. The molecule has 0 bridgehead atoms. The molecular weight excluding hydrogens is 373 g/mol. The molecule has 0 aliphatic carbocycles. The number of rotatable bonds is 4. The first-order valence-electron chi connectivity index (χ1n) is 8.52. The minimum atomic E-state index is -0.243. The van der Waals surface area contributed by atoms with E-state index in [1.54, 1.807) is 23.5 Å².